The smallest absolute Gasteiger partial charge is 0.274 e. The number of benzene rings is 2. The van der Waals surface area contributed by atoms with Gasteiger partial charge in [0.15, 0.2) is 0 Å². The van der Waals surface area contributed by atoms with E-state index in [0.717, 1.165) is 29.2 Å². The summed E-state index contributed by atoms with van der Waals surface area (Å²) in [5.74, 6) is 0.357. The molecule has 28 heavy (non-hydrogen) atoms. The van der Waals surface area contributed by atoms with E-state index < -0.39 is 0 Å². The fourth-order valence-corrected chi connectivity index (χ4v) is 2.93. The maximum atomic E-state index is 12.5. The number of aromatic nitrogens is 1. The SMILES string of the molecule is CCOc1ccccc1NC(=O)c1ccc(NCCc2cccc(Cl)c2)cn1. The summed E-state index contributed by atoms with van der Waals surface area (Å²) in [6.45, 7) is 3.17. The zero-order chi connectivity index (χ0) is 19.8. The molecule has 1 amide bonds. The van der Waals surface area contributed by atoms with Crippen LogP contribution in [0.4, 0.5) is 11.4 Å². The highest BCUT2D eigenvalue weighted by atomic mass is 35.5. The van der Waals surface area contributed by atoms with Crippen molar-refractivity contribution in [1.82, 2.24) is 4.98 Å². The Labute approximate surface area is 169 Å². The first-order valence-electron chi connectivity index (χ1n) is 9.13. The van der Waals surface area contributed by atoms with Gasteiger partial charge in [-0.2, -0.15) is 0 Å². The molecule has 5 nitrogen and oxygen atoms in total. The van der Waals surface area contributed by atoms with Crippen LogP contribution in [0.15, 0.2) is 66.9 Å². The van der Waals surface area contributed by atoms with Gasteiger partial charge in [0.2, 0.25) is 0 Å². The lowest BCUT2D eigenvalue weighted by molar-refractivity contribution is 0.102. The number of rotatable bonds is 8. The first-order valence-corrected chi connectivity index (χ1v) is 9.51. The maximum Gasteiger partial charge on any atom is 0.274 e. The van der Waals surface area contributed by atoms with E-state index in [2.05, 4.69) is 15.6 Å². The standard InChI is InChI=1S/C22H22ClN3O2/c1-2-28-21-9-4-3-8-19(21)26-22(27)20-11-10-18(15-25-20)24-13-12-16-6-5-7-17(23)14-16/h3-11,14-15,24H,2,12-13H2,1H3,(H,26,27). The number of anilines is 2. The number of ether oxygens (including phenoxy) is 1. The monoisotopic (exact) mass is 395 g/mol. The molecule has 2 aromatic carbocycles. The molecule has 1 heterocycles. The molecular formula is C22H22ClN3O2. The van der Waals surface area contributed by atoms with Crippen molar-refractivity contribution in [2.45, 2.75) is 13.3 Å². The third-order valence-corrected chi connectivity index (χ3v) is 4.30. The number of halogens is 1. The van der Waals surface area contributed by atoms with Gasteiger partial charge in [-0.05, 0) is 55.3 Å². The minimum absolute atomic E-state index is 0.280. The second-order valence-electron chi connectivity index (χ2n) is 6.12. The van der Waals surface area contributed by atoms with E-state index in [4.69, 9.17) is 16.3 Å². The van der Waals surface area contributed by atoms with Gasteiger partial charge in [-0.25, -0.2) is 4.98 Å². The molecule has 0 fully saturated rings. The third kappa shape index (κ3) is 5.47. The molecule has 0 aliphatic rings. The number of hydrogen-bond acceptors (Lipinski definition) is 4. The molecule has 144 valence electrons. The predicted molar refractivity (Wildman–Crippen MR) is 113 cm³/mol. The van der Waals surface area contributed by atoms with Gasteiger partial charge in [-0.3, -0.25) is 4.79 Å². The molecule has 0 bridgehead atoms. The fourth-order valence-electron chi connectivity index (χ4n) is 2.71. The highest BCUT2D eigenvalue weighted by Crippen LogP contribution is 2.24. The quantitative estimate of drug-likeness (QED) is 0.560. The predicted octanol–water partition coefficient (Wildman–Crippen LogP) is 5.04. The fraction of sp³-hybridized carbons (Fsp3) is 0.182. The van der Waals surface area contributed by atoms with Gasteiger partial charge in [-0.1, -0.05) is 35.9 Å². The van der Waals surface area contributed by atoms with E-state index >= 15 is 0 Å². The van der Waals surface area contributed by atoms with Crippen LogP contribution >= 0.6 is 11.6 Å². The van der Waals surface area contributed by atoms with Crippen LogP contribution in [0.2, 0.25) is 5.02 Å². The van der Waals surface area contributed by atoms with E-state index in [0.29, 0.717) is 23.7 Å². The number of pyridine rings is 1. The van der Waals surface area contributed by atoms with Crippen molar-refractivity contribution >= 4 is 28.9 Å². The van der Waals surface area contributed by atoms with Gasteiger partial charge in [0, 0.05) is 11.6 Å². The normalized spacial score (nSPS) is 10.4. The van der Waals surface area contributed by atoms with Crippen LogP contribution in [-0.4, -0.2) is 24.0 Å². The molecule has 0 atom stereocenters. The van der Waals surface area contributed by atoms with E-state index in [1.165, 1.54) is 0 Å². The van der Waals surface area contributed by atoms with Gasteiger partial charge in [-0.15, -0.1) is 0 Å². The first-order chi connectivity index (χ1) is 13.7. The van der Waals surface area contributed by atoms with Crippen LogP contribution in [0, 0.1) is 0 Å². The molecule has 0 unspecified atom stereocenters. The van der Waals surface area contributed by atoms with Crippen LogP contribution in [-0.2, 0) is 6.42 Å². The van der Waals surface area contributed by atoms with E-state index in [-0.39, 0.29) is 5.91 Å². The van der Waals surface area contributed by atoms with Crippen molar-refractivity contribution in [3.63, 3.8) is 0 Å². The Kier molecular flexibility index (Phi) is 6.87. The summed E-state index contributed by atoms with van der Waals surface area (Å²) in [6.07, 6.45) is 2.50. The van der Waals surface area contributed by atoms with Crippen LogP contribution in [0.5, 0.6) is 5.75 Å². The van der Waals surface area contributed by atoms with Crippen LogP contribution in [0.3, 0.4) is 0 Å². The van der Waals surface area contributed by atoms with Crippen LogP contribution in [0.25, 0.3) is 0 Å². The molecular weight excluding hydrogens is 374 g/mol. The Morgan fingerprint density at radius 3 is 2.71 bits per heavy atom. The molecule has 6 heteroatoms. The molecule has 1 aromatic heterocycles. The summed E-state index contributed by atoms with van der Waals surface area (Å²) in [6, 6.07) is 18.7. The Hall–Kier alpha value is -3.05. The van der Waals surface area contributed by atoms with E-state index in [1.807, 2.05) is 55.5 Å². The molecule has 0 spiro atoms. The van der Waals surface area contributed by atoms with Gasteiger partial charge >= 0.3 is 0 Å². The number of nitrogens with zero attached hydrogens (tertiary/aromatic N) is 1. The molecule has 0 aliphatic carbocycles. The van der Waals surface area contributed by atoms with Crippen molar-refractivity contribution in [3.8, 4) is 5.75 Å². The van der Waals surface area contributed by atoms with Crippen LogP contribution in [0.1, 0.15) is 23.0 Å². The van der Waals surface area contributed by atoms with Crippen molar-refractivity contribution in [2.24, 2.45) is 0 Å². The average molecular weight is 396 g/mol. The lowest BCUT2D eigenvalue weighted by atomic mass is 10.1. The summed E-state index contributed by atoms with van der Waals surface area (Å²) in [5, 5.41) is 6.88. The molecule has 3 rings (SSSR count). The first kappa shape index (κ1) is 19.7. The number of amides is 1. The summed E-state index contributed by atoms with van der Waals surface area (Å²) in [7, 11) is 0. The minimum Gasteiger partial charge on any atom is -0.492 e. The second-order valence-corrected chi connectivity index (χ2v) is 6.56. The molecule has 0 saturated carbocycles. The summed E-state index contributed by atoms with van der Waals surface area (Å²) < 4.78 is 5.53. The maximum absolute atomic E-state index is 12.5. The highest BCUT2D eigenvalue weighted by Gasteiger charge is 2.10. The van der Waals surface area contributed by atoms with Crippen molar-refractivity contribution in [3.05, 3.63) is 83.1 Å². The number of carbonyl (C=O) groups is 1. The molecule has 0 saturated heterocycles. The zero-order valence-corrected chi connectivity index (χ0v) is 16.4. The average Bonchev–Trinajstić information content (AvgIpc) is 2.70. The Morgan fingerprint density at radius 1 is 1.11 bits per heavy atom. The van der Waals surface area contributed by atoms with Gasteiger partial charge in [0.25, 0.3) is 5.91 Å². The van der Waals surface area contributed by atoms with Gasteiger partial charge in [0.1, 0.15) is 11.4 Å². The highest BCUT2D eigenvalue weighted by molar-refractivity contribution is 6.30. The lowest BCUT2D eigenvalue weighted by Crippen LogP contribution is -2.15. The summed E-state index contributed by atoms with van der Waals surface area (Å²) in [4.78, 5) is 16.7. The zero-order valence-electron chi connectivity index (χ0n) is 15.6. The van der Waals surface area contributed by atoms with Gasteiger partial charge < -0.3 is 15.4 Å². The Bertz CT molecular complexity index is 929. The topological polar surface area (TPSA) is 63.2 Å². The minimum atomic E-state index is -0.280. The van der Waals surface area contributed by atoms with Crippen molar-refractivity contribution in [1.29, 1.82) is 0 Å². The van der Waals surface area contributed by atoms with E-state index in [1.54, 1.807) is 18.3 Å². The van der Waals surface area contributed by atoms with E-state index in [9.17, 15) is 4.79 Å². The number of hydrogen-bond donors (Lipinski definition) is 2. The number of carbonyl (C=O) groups excluding carboxylic acids is 1. The molecule has 2 N–H and O–H groups in total. The second kappa shape index (κ2) is 9.76. The van der Waals surface area contributed by atoms with Crippen molar-refractivity contribution < 1.29 is 9.53 Å². The summed E-state index contributed by atoms with van der Waals surface area (Å²) >= 11 is 6.00. The Morgan fingerprint density at radius 2 is 1.96 bits per heavy atom. The largest absolute Gasteiger partial charge is 0.492 e. The molecule has 3 aromatic rings. The third-order valence-electron chi connectivity index (χ3n) is 4.06. The number of para-hydroxylation sites is 2. The lowest BCUT2D eigenvalue weighted by Gasteiger charge is -2.11. The summed E-state index contributed by atoms with van der Waals surface area (Å²) in [5.41, 5.74) is 2.98. The van der Waals surface area contributed by atoms with Crippen molar-refractivity contribution in [2.75, 3.05) is 23.8 Å². The number of nitrogens with one attached hydrogen (secondary N) is 2. The van der Waals surface area contributed by atoms with Gasteiger partial charge in [0.05, 0.1) is 24.2 Å². The van der Waals surface area contributed by atoms with Crippen LogP contribution < -0.4 is 15.4 Å². The molecule has 0 radical (unpaired) electrons. The molecule has 0 aliphatic heterocycles. The Balaban J connectivity index is 1.55.